The summed E-state index contributed by atoms with van der Waals surface area (Å²) < 4.78 is 6.01. The van der Waals surface area contributed by atoms with Crippen LogP contribution >= 0.6 is 0 Å². The van der Waals surface area contributed by atoms with Gasteiger partial charge in [0.25, 0.3) is 0 Å². The minimum atomic E-state index is -0.809. The van der Waals surface area contributed by atoms with Gasteiger partial charge in [0.2, 0.25) is 7.37 Å². The van der Waals surface area contributed by atoms with Crippen LogP contribution in [0.15, 0.2) is 0 Å². The van der Waals surface area contributed by atoms with Crippen LogP contribution in [0.4, 0.5) is 0 Å². The topological polar surface area (TPSA) is 29.5 Å². The molecule has 0 aromatic rings. The van der Waals surface area contributed by atoms with Gasteiger partial charge in [0.1, 0.15) is 6.60 Å². The Balaban J connectivity index is 2.58. The van der Waals surface area contributed by atoms with Gasteiger partial charge in [0.15, 0.2) is 0 Å². The van der Waals surface area contributed by atoms with Crippen molar-refractivity contribution in [2.24, 2.45) is 10.8 Å². The summed E-state index contributed by atoms with van der Waals surface area (Å²) in [5.41, 5.74) is -0.555. The van der Waals surface area contributed by atoms with Gasteiger partial charge >= 0.3 is 0 Å². The van der Waals surface area contributed by atoms with E-state index in [9.17, 15) is 5.11 Å². The van der Waals surface area contributed by atoms with Crippen molar-refractivity contribution in [1.29, 1.82) is 0 Å². The molecule has 0 aliphatic carbocycles. The smallest absolute Gasteiger partial charge is 0.240 e. The third kappa shape index (κ3) is 3.14. The van der Waals surface area contributed by atoms with Crippen molar-refractivity contribution in [1.82, 2.24) is 0 Å². The van der Waals surface area contributed by atoms with Gasteiger partial charge in [-0.15, -0.1) is 0 Å². The molecule has 1 rings (SSSR count). The molecular formula is C14H30B2O2. The van der Waals surface area contributed by atoms with Crippen molar-refractivity contribution in [2.45, 2.75) is 79.2 Å². The summed E-state index contributed by atoms with van der Waals surface area (Å²) in [6.45, 7) is 17.6. The molecule has 0 aromatic carbocycles. The number of rotatable bonds is 4. The lowest BCUT2D eigenvalue weighted by Gasteiger charge is -2.38. The van der Waals surface area contributed by atoms with Gasteiger partial charge in [-0.3, -0.25) is 0 Å². The third-order valence-corrected chi connectivity index (χ3v) is 5.58. The fraction of sp³-hybridized carbons (Fsp3) is 1.00. The van der Waals surface area contributed by atoms with E-state index in [2.05, 4.69) is 27.7 Å². The third-order valence-electron chi connectivity index (χ3n) is 5.58. The highest BCUT2D eigenvalue weighted by Gasteiger charge is 2.48. The van der Waals surface area contributed by atoms with Gasteiger partial charge < -0.3 is 9.76 Å². The van der Waals surface area contributed by atoms with Crippen molar-refractivity contribution < 1.29 is 9.76 Å². The molecule has 0 unspecified atom stereocenters. The van der Waals surface area contributed by atoms with Crippen LogP contribution in [0, 0.1) is 10.8 Å². The Labute approximate surface area is 114 Å². The largest absolute Gasteiger partial charge is 0.441 e. The van der Waals surface area contributed by atoms with Crippen molar-refractivity contribution in [2.75, 3.05) is 0 Å². The average molecular weight is 252 g/mol. The Bertz CT molecular complexity index is 287. The molecule has 1 heterocycles. The van der Waals surface area contributed by atoms with Gasteiger partial charge in [-0.1, -0.05) is 40.3 Å². The van der Waals surface area contributed by atoms with Crippen molar-refractivity contribution >= 4 is 14.0 Å². The lowest BCUT2D eigenvalue weighted by Crippen LogP contribution is -2.49. The maximum atomic E-state index is 10.1. The Morgan fingerprint density at radius 1 is 1.00 bits per heavy atom. The van der Waals surface area contributed by atoms with E-state index in [1.54, 1.807) is 0 Å². The molecule has 0 radical (unpaired) electrons. The Morgan fingerprint density at radius 3 is 1.72 bits per heavy atom. The predicted octanol–water partition coefficient (Wildman–Crippen LogP) is 2.96. The molecule has 18 heavy (non-hydrogen) atoms. The Morgan fingerprint density at radius 2 is 1.39 bits per heavy atom. The van der Waals surface area contributed by atoms with Crippen LogP contribution in [0.25, 0.3) is 0 Å². The molecule has 1 N–H and O–H groups in total. The Hall–Kier alpha value is 0.0499. The molecule has 4 heteroatoms. The first-order valence-electron chi connectivity index (χ1n) is 7.15. The van der Waals surface area contributed by atoms with Crippen LogP contribution < -0.4 is 0 Å². The minimum Gasteiger partial charge on any atom is -0.441 e. The normalized spacial score (nSPS) is 23.3. The van der Waals surface area contributed by atoms with Crippen LogP contribution in [-0.2, 0) is 4.65 Å². The quantitative estimate of drug-likeness (QED) is 0.779. The monoisotopic (exact) mass is 252 g/mol. The van der Waals surface area contributed by atoms with Crippen LogP contribution in [0.5, 0.6) is 0 Å². The van der Waals surface area contributed by atoms with Crippen LogP contribution in [0.1, 0.15) is 55.4 Å². The summed E-state index contributed by atoms with van der Waals surface area (Å²) in [5.74, 6) is 0. The first kappa shape index (κ1) is 16.1. The zero-order chi connectivity index (χ0) is 14.4. The first-order chi connectivity index (χ1) is 7.79. The summed E-state index contributed by atoms with van der Waals surface area (Å²) in [6, 6.07) is 0. The standard InChI is InChI=1S/C14H30B2O2/c1-11(2)9-16(10-12(11,3)4)15-18-14(7,8)13(5,6)17/h15,17H,9-10H2,1-8H3. The van der Waals surface area contributed by atoms with Gasteiger partial charge in [-0.05, 0) is 38.5 Å². The average Bonchev–Trinajstić information content (AvgIpc) is 2.30. The molecule has 0 bridgehead atoms. The second-order valence-corrected chi connectivity index (χ2v) is 8.42. The fourth-order valence-electron chi connectivity index (χ4n) is 2.69. The molecule has 0 saturated carbocycles. The summed E-state index contributed by atoms with van der Waals surface area (Å²) in [6.07, 6.45) is 2.42. The van der Waals surface area contributed by atoms with Gasteiger partial charge in [-0.2, -0.15) is 0 Å². The summed E-state index contributed by atoms with van der Waals surface area (Å²) >= 11 is 0. The minimum absolute atomic E-state index is 0.375. The van der Waals surface area contributed by atoms with Gasteiger partial charge in [0, 0.05) is 0 Å². The fourth-order valence-corrected chi connectivity index (χ4v) is 2.69. The maximum Gasteiger partial charge on any atom is 0.240 e. The van der Waals surface area contributed by atoms with Crippen LogP contribution in [-0.4, -0.2) is 30.3 Å². The van der Waals surface area contributed by atoms with Crippen molar-refractivity contribution in [3.05, 3.63) is 0 Å². The molecular weight excluding hydrogens is 222 g/mol. The highest BCUT2D eigenvalue weighted by atomic mass is 16.5. The maximum absolute atomic E-state index is 10.1. The van der Waals surface area contributed by atoms with Gasteiger partial charge in [-0.25, -0.2) is 0 Å². The van der Waals surface area contributed by atoms with E-state index in [4.69, 9.17) is 4.65 Å². The van der Waals surface area contributed by atoms with Crippen molar-refractivity contribution in [3.8, 4) is 0 Å². The molecule has 0 aromatic heterocycles. The highest BCUT2D eigenvalue weighted by molar-refractivity contribution is 7.10. The second kappa shape index (κ2) is 4.56. The molecule has 104 valence electrons. The summed E-state index contributed by atoms with van der Waals surface area (Å²) in [5, 5.41) is 10.1. The predicted molar refractivity (Wildman–Crippen MR) is 81.5 cm³/mol. The molecule has 1 fully saturated rings. The van der Waals surface area contributed by atoms with E-state index in [1.807, 2.05) is 27.7 Å². The van der Waals surface area contributed by atoms with E-state index in [0.29, 0.717) is 17.4 Å². The van der Waals surface area contributed by atoms with E-state index in [1.165, 1.54) is 12.6 Å². The van der Waals surface area contributed by atoms with Crippen LogP contribution in [0.2, 0.25) is 12.6 Å². The number of hydrogen-bond donors (Lipinski definition) is 1. The van der Waals surface area contributed by atoms with E-state index in [0.717, 1.165) is 7.37 Å². The molecule has 1 aliphatic heterocycles. The SMILES string of the molecule is CC(C)(O)C(C)(C)OBB1CC(C)(C)C(C)(C)C1. The zero-order valence-electron chi connectivity index (χ0n) is 13.6. The van der Waals surface area contributed by atoms with Crippen molar-refractivity contribution in [3.63, 3.8) is 0 Å². The summed E-state index contributed by atoms with van der Waals surface area (Å²) in [7, 11) is 0.754. The number of aliphatic hydroxyl groups is 1. The lowest BCUT2D eigenvalue weighted by atomic mass is 9.26. The summed E-state index contributed by atoms with van der Waals surface area (Å²) in [4.78, 5) is 0. The van der Waals surface area contributed by atoms with E-state index < -0.39 is 11.2 Å². The molecule has 2 nitrogen and oxygen atoms in total. The second-order valence-electron chi connectivity index (χ2n) is 8.42. The van der Waals surface area contributed by atoms with E-state index in [-0.39, 0.29) is 0 Å². The van der Waals surface area contributed by atoms with E-state index >= 15 is 0 Å². The molecule has 0 amide bonds. The molecule has 1 saturated heterocycles. The van der Waals surface area contributed by atoms with Gasteiger partial charge in [0.05, 0.1) is 11.2 Å². The molecule has 1 aliphatic rings. The molecule has 0 atom stereocenters. The molecule has 0 spiro atoms. The Kier molecular flexibility index (Phi) is 4.08. The van der Waals surface area contributed by atoms with Crippen LogP contribution in [0.3, 0.4) is 0 Å². The number of hydrogen-bond acceptors (Lipinski definition) is 2. The lowest BCUT2D eigenvalue weighted by molar-refractivity contribution is -0.0888. The highest BCUT2D eigenvalue weighted by Crippen LogP contribution is 2.52. The first-order valence-corrected chi connectivity index (χ1v) is 7.15. The zero-order valence-corrected chi connectivity index (χ0v) is 13.6.